The molecular weight excluding hydrogens is 360 g/mol. The summed E-state index contributed by atoms with van der Waals surface area (Å²) in [4.78, 5) is 31.9. The van der Waals surface area contributed by atoms with Gasteiger partial charge in [0.25, 0.3) is 5.69 Å². The van der Waals surface area contributed by atoms with Crippen molar-refractivity contribution in [3.05, 3.63) is 62.2 Å². The van der Waals surface area contributed by atoms with Gasteiger partial charge in [-0.25, -0.2) is 4.79 Å². The summed E-state index contributed by atoms with van der Waals surface area (Å²) in [5.74, 6) is -1.90. The number of carbonyl (C=O) groups is 1. The average molecular weight is 368 g/mol. The first-order valence-corrected chi connectivity index (χ1v) is 8.28. The van der Waals surface area contributed by atoms with Crippen LogP contribution < -0.4 is 0 Å². The summed E-state index contributed by atoms with van der Waals surface area (Å²) < 4.78 is 0. The van der Waals surface area contributed by atoms with Crippen molar-refractivity contribution in [2.45, 2.75) is 9.79 Å². The zero-order valence-electron chi connectivity index (χ0n) is 11.6. The van der Waals surface area contributed by atoms with Crippen LogP contribution in [0.1, 0.15) is 10.4 Å². The van der Waals surface area contributed by atoms with E-state index in [2.05, 4.69) is 0 Å². The number of carboxylic acid groups (broad SMARTS) is 1. The zero-order chi connectivity index (χ0) is 17.9. The molecule has 0 amide bonds. The molecule has 0 heterocycles. The van der Waals surface area contributed by atoms with Gasteiger partial charge in [-0.1, -0.05) is 21.6 Å². The highest BCUT2D eigenvalue weighted by Gasteiger charge is 2.20. The van der Waals surface area contributed by atoms with Crippen molar-refractivity contribution >= 4 is 38.9 Å². The molecule has 9 nitrogen and oxygen atoms in total. The number of benzene rings is 2. The monoisotopic (exact) mass is 368 g/mol. The average Bonchev–Trinajstić information content (AvgIpc) is 2.52. The van der Waals surface area contributed by atoms with E-state index in [1.807, 2.05) is 0 Å². The van der Waals surface area contributed by atoms with Gasteiger partial charge >= 0.3 is 11.7 Å². The number of nitro groups is 2. The summed E-state index contributed by atoms with van der Waals surface area (Å²) >= 11 is 0. The molecule has 0 radical (unpaired) electrons. The molecule has 0 aliphatic heterocycles. The van der Waals surface area contributed by atoms with E-state index in [1.165, 1.54) is 24.3 Å². The lowest BCUT2D eigenvalue weighted by Gasteiger charge is -2.04. The Morgan fingerprint density at radius 1 is 0.917 bits per heavy atom. The molecule has 0 bridgehead atoms. The Morgan fingerprint density at radius 2 is 1.42 bits per heavy atom. The second kappa shape index (κ2) is 7.19. The predicted molar refractivity (Wildman–Crippen MR) is 86.5 cm³/mol. The maximum atomic E-state index is 11.1. The van der Waals surface area contributed by atoms with Crippen LogP contribution >= 0.6 is 21.6 Å². The molecule has 0 unspecified atom stereocenters. The molecule has 0 saturated heterocycles. The van der Waals surface area contributed by atoms with Crippen LogP contribution in [-0.2, 0) is 0 Å². The molecular formula is C13H8N2O7S2. The van der Waals surface area contributed by atoms with Crippen LogP contribution in [0.25, 0.3) is 0 Å². The highest BCUT2D eigenvalue weighted by Crippen LogP contribution is 2.41. The smallest absolute Gasteiger partial charge is 0.342 e. The Bertz CT molecular complexity index is 841. The van der Waals surface area contributed by atoms with E-state index in [-0.39, 0.29) is 0 Å². The lowest BCUT2D eigenvalue weighted by Crippen LogP contribution is -2.02. The minimum Gasteiger partial charge on any atom is -0.502 e. The van der Waals surface area contributed by atoms with Gasteiger partial charge in [0.05, 0.1) is 9.85 Å². The van der Waals surface area contributed by atoms with Gasteiger partial charge in [-0.15, -0.1) is 0 Å². The van der Waals surface area contributed by atoms with E-state index < -0.39 is 38.5 Å². The molecule has 0 spiro atoms. The highest BCUT2D eigenvalue weighted by atomic mass is 33.1. The van der Waals surface area contributed by atoms with Crippen molar-refractivity contribution in [2.24, 2.45) is 0 Å². The highest BCUT2D eigenvalue weighted by molar-refractivity contribution is 8.76. The third kappa shape index (κ3) is 3.94. The van der Waals surface area contributed by atoms with Gasteiger partial charge < -0.3 is 10.2 Å². The maximum Gasteiger partial charge on any atom is 0.342 e. The Kier molecular flexibility index (Phi) is 5.26. The number of aromatic carboxylic acids is 1. The normalized spacial score (nSPS) is 10.3. The second-order valence-electron chi connectivity index (χ2n) is 4.32. The fourth-order valence-electron chi connectivity index (χ4n) is 1.70. The first kappa shape index (κ1) is 17.6. The molecule has 11 heteroatoms. The van der Waals surface area contributed by atoms with Crippen LogP contribution in [0.5, 0.6) is 5.75 Å². The molecule has 2 aromatic carbocycles. The SMILES string of the molecule is O=C(O)c1cc(SSc2ccc([N+](=O)[O-])c(O)c2)ccc1[N+](=O)[O-]. The molecule has 0 atom stereocenters. The van der Waals surface area contributed by atoms with Gasteiger partial charge in [0.2, 0.25) is 0 Å². The van der Waals surface area contributed by atoms with Crippen LogP contribution in [0.15, 0.2) is 46.2 Å². The third-order valence-electron chi connectivity index (χ3n) is 2.77. The van der Waals surface area contributed by atoms with Crippen LogP contribution in [0, 0.1) is 20.2 Å². The summed E-state index contributed by atoms with van der Waals surface area (Å²) in [6, 6.07) is 7.45. The van der Waals surface area contributed by atoms with Gasteiger partial charge in [-0.05, 0) is 18.2 Å². The van der Waals surface area contributed by atoms with Crippen LogP contribution in [0.2, 0.25) is 0 Å². The van der Waals surface area contributed by atoms with E-state index in [1.54, 1.807) is 0 Å². The lowest BCUT2D eigenvalue weighted by atomic mass is 10.2. The fourth-order valence-corrected chi connectivity index (χ4v) is 3.67. The lowest BCUT2D eigenvalue weighted by molar-refractivity contribution is -0.385. The van der Waals surface area contributed by atoms with Gasteiger partial charge in [-0.3, -0.25) is 20.2 Å². The Morgan fingerprint density at radius 3 is 1.88 bits per heavy atom. The molecule has 24 heavy (non-hydrogen) atoms. The van der Waals surface area contributed by atoms with Crippen molar-refractivity contribution in [1.82, 2.24) is 0 Å². The Balaban J connectivity index is 2.19. The molecule has 2 rings (SSSR count). The van der Waals surface area contributed by atoms with E-state index in [9.17, 15) is 30.1 Å². The number of phenolic OH excluding ortho intramolecular Hbond substituents is 1. The van der Waals surface area contributed by atoms with Gasteiger partial charge in [0.1, 0.15) is 5.56 Å². The molecule has 0 aliphatic carbocycles. The number of nitro benzene ring substituents is 2. The quantitative estimate of drug-likeness (QED) is 0.443. The van der Waals surface area contributed by atoms with E-state index >= 15 is 0 Å². The Labute approximate surface area is 142 Å². The van der Waals surface area contributed by atoms with Crippen molar-refractivity contribution in [2.75, 3.05) is 0 Å². The standard InChI is InChI=1S/C13H8N2O7S2/c16-12-6-8(2-4-11(12)15(21)22)24-23-7-1-3-10(14(19)20)9(5-7)13(17)18/h1-6,16H,(H,17,18). The number of nitrogens with zero attached hydrogens (tertiary/aromatic N) is 2. The molecule has 0 aliphatic rings. The van der Waals surface area contributed by atoms with E-state index in [0.29, 0.717) is 9.79 Å². The topological polar surface area (TPSA) is 144 Å². The zero-order valence-corrected chi connectivity index (χ0v) is 13.2. The molecule has 124 valence electrons. The van der Waals surface area contributed by atoms with E-state index in [4.69, 9.17) is 5.11 Å². The van der Waals surface area contributed by atoms with Gasteiger partial charge in [0, 0.05) is 28.0 Å². The van der Waals surface area contributed by atoms with Crippen LogP contribution in [0.3, 0.4) is 0 Å². The molecule has 2 aromatic rings. The summed E-state index contributed by atoms with van der Waals surface area (Å²) in [7, 11) is 2.21. The molecule has 2 N–H and O–H groups in total. The van der Waals surface area contributed by atoms with Crippen LogP contribution in [-0.4, -0.2) is 26.0 Å². The van der Waals surface area contributed by atoms with Crippen molar-refractivity contribution in [1.29, 1.82) is 0 Å². The summed E-state index contributed by atoms with van der Waals surface area (Å²) in [6.45, 7) is 0. The number of rotatable bonds is 6. The summed E-state index contributed by atoms with van der Waals surface area (Å²) in [5.41, 5.74) is -1.37. The minimum atomic E-state index is -1.41. The van der Waals surface area contributed by atoms with Crippen molar-refractivity contribution in [3.8, 4) is 5.75 Å². The number of hydrogen-bond donors (Lipinski definition) is 2. The summed E-state index contributed by atoms with van der Waals surface area (Å²) in [5, 5.41) is 40.0. The molecule has 0 saturated carbocycles. The number of carboxylic acids is 1. The largest absolute Gasteiger partial charge is 0.502 e. The van der Waals surface area contributed by atoms with Crippen molar-refractivity contribution in [3.63, 3.8) is 0 Å². The molecule has 0 aromatic heterocycles. The van der Waals surface area contributed by atoms with Crippen LogP contribution in [0.4, 0.5) is 11.4 Å². The maximum absolute atomic E-state index is 11.1. The summed E-state index contributed by atoms with van der Waals surface area (Å²) in [6.07, 6.45) is 0. The first-order valence-electron chi connectivity index (χ1n) is 6.13. The third-order valence-corrected chi connectivity index (χ3v) is 5.15. The number of phenols is 1. The second-order valence-corrected chi connectivity index (χ2v) is 6.59. The fraction of sp³-hybridized carbons (Fsp3) is 0. The van der Waals surface area contributed by atoms with Gasteiger partial charge in [0.15, 0.2) is 5.75 Å². The number of aromatic hydroxyl groups is 1. The first-order chi connectivity index (χ1) is 11.3. The van der Waals surface area contributed by atoms with E-state index in [0.717, 1.165) is 33.7 Å². The minimum absolute atomic E-state index is 0.423. The number of hydrogen-bond acceptors (Lipinski definition) is 8. The van der Waals surface area contributed by atoms with Crippen molar-refractivity contribution < 1.29 is 24.9 Å². The molecule has 0 fully saturated rings. The van der Waals surface area contributed by atoms with Gasteiger partial charge in [-0.2, -0.15) is 0 Å². The predicted octanol–water partition coefficient (Wildman–Crippen LogP) is 3.71. The Hall–Kier alpha value is -2.79.